The number of amides is 1. The van der Waals surface area contributed by atoms with Crippen molar-refractivity contribution in [1.29, 1.82) is 0 Å². The van der Waals surface area contributed by atoms with Crippen LogP contribution in [-0.4, -0.2) is 45.5 Å². The quantitative estimate of drug-likeness (QED) is 0.619. The van der Waals surface area contributed by atoms with E-state index in [9.17, 15) is 14.9 Å². The molecule has 0 bridgehead atoms. The summed E-state index contributed by atoms with van der Waals surface area (Å²) in [5.74, 6) is -0.242. The van der Waals surface area contributed by atoms with E-state index in [2.05, 4.69) is 4.98 Å². The maximum atomic E-state index is 12.4. The molecule has 1 amide bonds. The Kier molecular flexibility index (Phi) is 5.78. The molecule has 122 valence electrons. The average molecular weight is 335 g/mol. The lowest BCUT2D eigenvalue weighted by Gasteiger charge is -2.19. The summed E-state index contributed by atoms with van der Waals surface area (Å²) >= 11 is 1.26. The molecule has 0 fully saturated rings. The molecule has 0 aliphatic carbocycles. The number of carbonyl (C=O) groups excluding carboxylic acids is 1. The van der Waals surface area contributed by atoms with E-state index in [1.54, 1.807) is 22.4 Å². The average Bonchev–Trinajstić information content (AvgIpc) is 3.04. The molecule has 1 N–H and O–H groups in total. The van der Waals surface area contributed by atoms with Crippen LogP contribution < -0.4 is 0 Å². The number of hydrogen-bond donors (Lipinski definition) is 1. The fourth-order valence-electron chi connectivity index (χ4n) is 2.12. The molecule has 2 rings (SSSR count). The fraction of sp³-hybridized carbons (Fsp3) is 0.333. The van der Waals surface area contributed by atoms with Gasteiger partial charge < -0.3 is 10.0 Å². The van der Waals surface area contributed by atoms with Gasteiger partial charge in [0, 0.05) is 36.2 Å². The van der Waals surface area contributed by atoms with Gasteiger partial charge in [0.15, 0.2) is 0 Å². The van der Waals surface area contributed by atoms with Gasteiger partial charge in [-0.05, 0) is 6.42 Å². The highest BCUT2D eigenvalue weighted by atomic mass is 32.1. The van der Waals surface area contributed by atoms with Crippen molar-refractivity contribution >= 4 is 22.9 Å². The molecule has 0 aliphatic heterocycles. The van der Waals surface area contributed by atoms with Crippen molar-refractivity contribution in [3.63, 3.8) is 0 Å². The molecule has 0 atom stereocenters. The number of aromatic nitrogens is 1. The van der Waals surface area contributed by atoms with Crippen molar-refractivity contribution in [1.82, 2.24) is 9.88 Å². The Morgan fingerprint density at radius 1 is 1.43 bits per heavy atom. The number of aliphatic hydroxyl groups is 1. The van der Waals surface area contributed by atoms with Crippen molar-refractivity contribution in [3.8, 4) is 10.6 Å². The molecule has 0 spiro atoms. The second-order valence-electron chi connectivity index (χ2n) is 4.86. The van der Waals surface area contributed by atoms with Crippen LogP contribution >= 0.6 is 11.3 Å². The number of nitro groups is 1. The molecule has 0 aliphatic rings. The zero-order valence-corrected chi connectivity index (χ0v) is 13.5. The van der Waals surface area contributed by atoms with Gasteiger partial charge in [-0.2, -0.15) is 0 Å². The van der Waals surface area contributed by atoms with Gasteiger partial charge in [0.05, 0.1) is 11.5 Å². The van der Waals surface area contributed by atoms with Gasteiger partial charge in [-0.1, -0.05) is 19.1 Å². The van der Waals surface area contributed by atoms with Crippen molar-refractivity contribution in [3.05, 3.63) is 45.5 Å². The van der Waals surface area contributed by atoms with Gasteiger partial charge in [-0.15, -0.1) is 11.3 Å². The van der Waals surface area contributed by atoms with Crippen LogP contribution in [0.3, 0.4) is 0 Å². The number of aliphatic hydroxyl groups excluding tert-OH is 1. The van der Waals surface area contributed by atoms with E-state index in [0.717, 1.165) is 6.42 Å². The van der Waals surface area contributed by atoms with Gasteiger partial charge in [0.1, 0.15) is 10.7 Å². The van der Waals surface area contributed by atoms with Crippen molar-refractivity contribution in [2.75, 3.05) is 19.7 Å². The molecular formula is C15H17N3O4S. The van der Waals surface area contributed by atoms with Gasteiger partial charge in [0.25, 0.3) is 11.6 Å². The zero-order chi connectivity index (χ0) is 16.8. The highest BCUT2D eigenvalue weighted by Crippen LogP contribution is 2.27. The Balaban J connectivity index is 2.24. The summed E-state index contributed by atoms with van der Waals surface area (Å²) in [7, 11) is 0. The van der Waals surface area contributed by atoms with Crippen LogP contribution in [-0.2, 0) is 0 Å². The fourth-order valence-corrected chi connectivity index (χ4v) is 2.92. The van der Waals surface area contributed by atoms with Gasteiger partial charge in [-0.3, -0.25) is 14.9 Å². The Morgan fingerprint density at radius 2 is 2.22 bits per heavy atom. The van der Waals surface area contributed by atoms with Crippen LogP contribution in [0.2, 0.25) is 0 Å². The highest BCUT2D eigenvalue weighted by Gasteiger charge is 2.18. The van der Waals surface area contributed by atoms with E-state index in [1.807, 2.05) is 6.92 Å². The normalized spacial score (nSPS) is 10.5. The largest absolute Gasteiger partial charge is 0.395 e. The van der Waals surface area contributed by atoms with E-state index < -0.39 is 4.92 Å². The molecule has 2 aromatic rings. The Hall–Kier alpha value is -2.32. The van der Waals surface area contributed by atoms with Gasteiger partial charge in [0.2, 0.25) is 0 Å². The topological polar surface area (TPSA) is 96.6 Å². The van der Waals surface area contributed by atoms with Crippen molar-refractivity contribution < 1.29 is 14.8 Å². The van der Waals surface area contributed by atoms with E-state index in [-0.39, 0.29) is 24.7 Å². The van der Waals surface area contributed by atoms with Crippen LogP contribution in [0.15, 0.2) is 29.6 Å². The van der Waals surface area contributed by atoms with Crippen LogP contribution in [0, 0.1) is 10.1 Å². The van der Waals surface area contributed by atoms with Crippen LogP contribution in [0.4, 0.5) is 5.69 Å². The zero-order valence-electron chi connectivity index (χ0n) is 12.6. The molecule has 0 saturated carbocycles. The number of carbonyl (C=O) groups is 1. The number of benzene rings is 1. The second-order valence-corrected chi connectivity index (χ2v) is 5.72. The van der Waals surface area contributed by atoms with Crippen molar-refractivity contribution in [2.45, 2.75) is 13.3 Å². The SMILES string of the molecule is CCCN(CCO)C(=O)c1csc(-c2cccc([N+](=O)[O-])c2)n1. The van der Waals surface area contributed by atoms with Gasteiger partial charge in [-0.25, -0.2) is 4.98 Å². The smallest absolute Gasteiger partial charge is 0.273 e. The third kappa shape index (κ3) is 4.11. The van der Waals surface area contributed by atoms with E-state index in [1.165, 1.54) is 23.5 Å². The molecule has 7 nitrogen and oxygen atoms in total. The molecule has 0 radical (unpaired) electrons. The first-order valence-corrected chi connectivity index (χ1v) is 8.05. The lowest BCUT2D eigenvalue weighted by Crippen LogP contribution is -2.34. The molecular weight excluding hydrogens is 318 g/mol. The number of hydrogen-bond acceptors (Lipinski definition) is 6. The van der Waals surface area contributed by atoms with E-state index in [4.69, 9.17) is 5.11 Å². The monoisotopic (exact) mass is 335 g/mol. The third-order valence-electron chi connectivity index (χ3n) is 3.18. The van der Waals surface area contributed by atoms with Crippen LogP contribution in [0.5, 0.6) is 0 Å². The predicted molar refractivity (Wildman–Crippen MR) is 87.5 cm³/mol. The molecule has 0 unspecified atom stereocenters. The third-order valence-corrected chi connectivity index (χ3v) is 4.07. The van der Waals surface area contributed by atoms with Crippen LogP contribution in [0.25, 0.3) is 10.6 Å². The first-order chi connectivity index (χ1) is 11.1. The van der Waals surface area contributed by atoms with Crippen LogP contribution in [0.1, 0.15) is 23.8 Å². The minimum Gasteiger partial charge on any atom is -0.395 e. The maximum absolute atomic E-state index is 12.4. The summed E-state index contributed by atoms with van der Waals surface area (Å²) in [6, 6.07) is 6.15. The van der Waals surface area contributed by atoms with Crippen molar-refractivity contribution in [2.24, 2.45) is 0 Å². The summed E-state index contributed by atoms with van der Waals surface area (Å²) < 4.78 is 0. The maximum Gasteiger partial charge on any atom is 0.273 e. The summed E-state index contributed by atoms with van der Waals surface area (Å²) in [6.45, 7) is 2.65. The minimum atomic E-state index is -0.465. The summed E-state index contributed by atoms with van der Waals surface area (Å²) in [6.07, 6.45) is 0.785. The Morgan fingerprint density at radius 3 is 2.87 bits per heavy atom. The molecule has 1 heterocycles. The number of nitro benzene ring substituents is 1. The summed E-state index contributed by atoms with van der Waals surface area (Å²) in [5.41, 5.74) is 0.879. The molecule has 0 saturated heterocycles. The summed E-state index contributed by atoms with van der Waals surface area (Å²) in [5, 5.41) is 22.1. The highest BCUT2D eigenvalue weighted by molar-refractivity contribution is 7.13. The number of thiazole rings is 1. The molecule has 8 heteroatoms. The minimum absolute atomic E-state index is 0.0153. The molecule has 1 aromatic carbocycles. The lowest BCUT2D eigenvalue weighted by atomic mass is 10.2. The first kappa shape index (κ1) is 17.0. The second kappa shape index (κ2) is 7.80. The predicted octanol–water partition coefficient (Wildman–Crippen LogP) is 2.56. The molecule has 23 heavy (non-hydrogen) atoms. The first-order valence-electron chi connectivity index (χ1n) is 7.17. The van der Waals surface area contributed by atoms with E-state index in [0.29, 0.717) is 22.8 Å². The van der Waals surface area contributed by atoms with Gasteiger partial charge >= 0.3 is 0 Å². The number of non-ortho nitro benzene ring substituents is 1. The standard InChI is InChI=1S/C15H17N3O4S/c1-2-6-17(7-8-19)15(20)13-10-23-14(16-13)11-4-3-5-12(9-11)18(21)22/h3-5,9-10,19H,2,6-8H2,1H3. The number of rotatable bonds is 7. The Bertz CT molecular complexity index is 696. The van der Waals surface area contributed by atoms with E-state index >= 15 is 0 Å². The Labute approximate surface area is 137 Å². The summed E-state index contributed by atoms with van der Waals surface area (Å²) in [4.78, 5) is 28.6. The molecule has 1 aromatic heterocycles. The lowest BCUT2D eigenvalue weighted by molar-refractivity contribution is -0.384. The number of nitrogens with zero attached hydrogens (tertiary/aromatic N) is 3.